The maximum absolute atomic E-state index is 12.2. The summed E-state index contributed by atoms with van der Waals surface area (Å²) in [6.45, 7) is 5.46. The number of hydrogen-bond acceptors (Lipinski definition) is 4. The maximum atomic E-state index is 12.2. The Morgan fingerprint density at radius 2 is 1.23 bits per heavy atom. The predicted octanol–water partition coefficient (Wildman–Crippen LogP) is 3.20. The molecule has 6 nitrogen and oxygen atoms in total. The fourth-order valence-corrected chi connectivity index (χ4v) is 2.39. The first-order valence-corrected chi connectivity index (χ1v) is 9.14. The lowest BCUT2D eigenvalue weighted by molar-refractivity contribution is 0.0944. The molecule has 0 aliphatic carbocycles. The summed E-state index contributed by atoms with van der Waals surface area (Å²) < 4.78 is 0. The van der Waals surface area contributed by atoms with Crippen molar-refractivity contribution in [2.75, 3.05) is 13.1 Å². The van der Waals surface area contributed by atoms with Gasteiger partial charge in [-0.2, -0.15) is 0 Å². The van der Waals surface area contributed by atoms with Crippen molar-refractivity contribution in [3.05, 3.63) is 47.8 Å². The highest BCUT2D eigenvalue weighted by atomic mass is 16.2. The Labute approximate surface area is 154 Å². The van der Waals surface area contributed by atoms with Gasteiger partial charge >= 0.3 is 0 Å². The van der Waals surface area contributed by atoms with Gasteiger partial charge in [-0.25, -0.2) is 0 Å². The third kappa shape index (κ3) is 5.65. The quantitative estimate of drug-likeness (QED) is 0.677. The highest BCUT2D eigenvalue weighted by Crippen LogP contribution is 2.17. The van der Waals surface area contributed by atoms with Gasteiger partial charge in [-0.3, -0.25) is 19.6 Å². The van der Waals surface area contributed by atoms with Gasteiger partial charge in [0.15, 0.2) is 0 Å². The van der Waals surface area contributed by atoms with Gasteiger partial charge < -0.3 is 10.6 Å². The van der Waals surface area contributed by atoms with E-state index in [-0.39, 0.29) is 11.8 Å². The molecule has 2 rings (SSSR count). The number of carbonyl (C=O) groups is 2. The summed E-state index contributed by atoms with van der Waals surface area (Å²) in [6, 6.07) is 6.74. The minimum Gasteiger partial charge on any atom is -0.352 e. The van der Waals surface area contributed by atoms with Crippen molar-refractivity contribution in [3.8, 4) is 11.4 Å². The molecule has 0 saturated heterocycles. The molecule has 0 spiro atoms. The van der Waals surface area contributed by atoms with E-state index in [9.17, 15) is 9.59 Å². The Bertz CT molecular complexity index is 683. The van der Waals surface area contributed by atoms with Crippen molar-refractivity contribution in [1.82, 2.24) is 20.6 Å². The highest BCUT2D eigenvalue weighted by Gasteiger charge is 2.11. The topological polar surface area (TPSA) is 84.0 Å². The van der Waals surface area contributed by atoms with E-state index in [2.05, 4.69) is 34.4 Å². The van der Waals surface area contributed by atoms with E-state index < -0.39 is 0 Å². The average molecular weight is 354 g/mol. The molecule has 0 atom stereocenters. The van der Waals surface area contributed by atoms with Crippen LogP contribution in [-0.2, 0) is 0 Å². The van der Waals surface area contributed by atoms with Crippen LogP contribution in [0.1, 0.15) is 60.2 Å². The van der Waals surface area contributed by atoms with Gasteiger partial charge in [-0.1, -0.05) is 26.7 Å². The van der Waals surface area contributed by atoms with Crippen molar-refractivity contribution in [2.24, 2.45) is 0 Å². The summed E-state index contributed by atoms with van der Waals surface area (Å²) in [7, 11) is 0. The number of hydrogen-bond donors (Lipinski definition) is 2. The van der Waals surface area contributed by atoms with E-state index >= 15 is 0 Å². The van der Waals surface area contributed by atoms with Crippen LogP contribution >= 0.6 is 0 Å². The molecule has 0 unspecified atom stereocenters. The van der Waals surface area contributed by atoms with Crippen molar-refractivity contribution in [1.29, 1.82) is 0 Å². The summed E-state index contributed by atoms with van der Waals surface area (Å²) >= 11 is 0. The molecule has 0 radical (unpaired) electrons. The molecule has 0 aliphatic heterocycles. The summed E-state index contributed by atoms with van der Waals surface area (Å²) in [5, 5.41) is 5.77. The van der Waals surface area contributed by atoms with Gasteiger partial charge in [0.25, 0.3) is 11.8 Å². The first-order valence-electron chi connectivity index (χ1n) is 9.14. The molecule has 2 amide bonds. The molecule has 0 aromatic carbocycles. The Hall–Kier alpha value is -2.76. The number of carbonyl (C=O) groups excluding carboxylic acids is 2. The Morgan fingerprint density at radius 1 is 0.808 bits per heavy atom. The van der Waals surface area contributed by atoms with Gasteiger partial charge in [-0.05, 0) is 37.1 Å². The lowest BCUT2D eigenvalue weighted by atomic mass is 10.1. The minimum atomic E-state index is -0.129. The average Bonchev–Trinajstić information content (AvgIpc) is 2.68. The van der Waals surface area contributed by atoms with Gasteiger partial charge in [0.05, 0.1) is 11.4 Å². The lowest BCUT2D eigenvalue weighted by Gasteiger charge is -2.08. The van der Waals surface area contributed by atoms with Gasteiger partial charge in [0, 0.05) is 36.6 Å². The molecule has 2 aromatic rings. The summed E-state index contributed by atoms with van der Waals surface area (Å²) in [5.41, 5.74) is 2.20. The van der Waals surface area contributed by atoms with Crippen molar-refractivity contribution >= 4 is 11.8 Å². The molecule has 0 saturated carbocycles. The summed E-state index contributed by atoms with van der Waals surface area (Å²) in [5.74, 6) is -0.258. The molecule has 2 aromatic heterocycles. The van der Waals surface area contributed by atoms with E-state index in [0.717, 1.165) is 25.7 Å². The molecule has 0 aliphatic rings. The smallest absolute Gasteiger partial charge is 0.251 e. The van der Waals surface area contributed by atoms with Crippen LogP contribution in [0.25, 0.3) is 11.4 Å². The highest BCUT2D eigenvalue weighted by molar-refractivity contribution is 5.96. The van der Waals surface area contributed by atoms with Crippen LogP contribution in [0.3, 0.4) is 0 Å². The SMILES string of the molecule is CCCCNC(=O)c1ccnc(-c2cc(C(=O)NCCCC)ccn2)c1. The number of pyridine rings is 2. The number of nitrogens with zero attached hydrogens (tertiary/aromatic N) is 2. The number of aromatic nitrogens is 2. The van der Waals surface area contributed by atoms with Crippen molar-refractivity contribution in [2.45, 2.75) is 39.5 Å². The van der Waals surface area contributed by atoms with Crippen molar-refractivity contribution in [3.63, 3.8) is 0 Å². The third-order valence-electron chi connectivity index (χ3n) is 3.94. The van der Waals surface area contributed by atoms with Crippen LogP contribution in [0.4, 0.5) is 0 Å². The molecular formula is C20H26N4O2. The standard InChI is InChI=1S/C20H26N4O2/c1-3-5-9-23-19(25)15-7-11-21-17(13-15)18-14-16(8-12-22-18)20(26)24-10-6-4-2/h7-8,11-14H,3-6,9-10H2,1-2H3,(H,23,25)(H,24,26). The fourth-order valence-electron chi connectivity index (χ4n) is 2.39. The predicted molar refractivity (Wildman–Crippen MR) is 102 cm³/mol. The van der Waals surface area contributed by atoms with E-state index in [0.29, 0.717) is 35.6 Å². The zero-order valence-corrected chi connectivity index (χ0v) is 15.4. The molecule has 6 heteroatoms. The fraction of sp³-hybridized carbons (Fsp3) is 0.400. The van der Waals surface area contributed by atoms with E-state index in [1.54, 1.807) is 36.7 Å². The first kappa shape index (κ1) is 19.6. The number of amides is 2. The molecule has 0 fully saturated rings. The monoisotopic (exact) mass is 354 g/mol. The van der Waals surface area contributed by atoms with Crippen LogP contribution in [0, 0.1) is 0 Å². The summed E-state index contributed by atoms with van der Waals surface area (Å²) in [6.07, 6.45) is 7.11. The van der Waals surface area contributed by atoms with Crippen LogP contribution in [-0.4, -0.2) is 34.9 Å². The Kier molecular flexibility index (Phi) is 7.74. The molecule has 2 heterocycles. The van der Waals surface area contributed by atoms with Crippen LogP contribution in [0.15, 0.2) is 36.7 Å². The molecular weight excluding hydrogens is 328 g/mol. The Balaban J connectivity index is 2.13. The lowest BCUT2D eigenvalue weighted by Crippen LogP contribution is -2.24. The number of rotatable bonds is 9. The third-order valence-corrected chi connectivity index (χ3v) is 3.94. The molecule has 2 N–H and O–H groups in total. The van der Waals surface area contributed by atoms with Crippen LogP contribution < -0.4 is 10.6 Å². The van der Waals surface area contributed by atoms with E-state index in [1.165, 1.54) is 0 Å². The maximum Gasteiger partial charge on any atom is 0.251 e. The van der Waals surface area contributed by atoms with Gasteiger partial charge in [-0.15, -0.1) is 0 Å². The second-order valence-electron chi connectivity index (χ2n) is 6.08. The Morgan fingerprint density at radius 3 is 1.62 bits per heavy atom. The summed E-state index contributed by atoms with van der Waals surface area (Å²) in [4.78, 5) is 33.0. The first-order chi connectivity index (χ1) is 12.7. The van der Waals surface area contributed by atoms with Crippen molar-refractivity contribution < 1.29 is 9.59 Å². The normalized spacial score (nSPS) is 10.4. The number of unbranched alkanes of at least 4 members (excludes halogenated alkanes) is 2. The zero-order valence-electron chi connectivity index (χ0n) is 15.4. The largest absolute Gasteiger partial charge is 0.352 e. The zero-order chi connectivity index (χ0) is 18.8. The van der Waals surface area contributed by atoms with E-state index in [1.807, 2.05) is 0 Å². The molecule has 26 heavy (non-hydrogen) atoms. The second kappa shape index (κ2) is 10.3. The van der Waals surface area contributed by atoms with Crippen LogP contribution in [0.2, 0.25) is 0 Å². The van der Waals surface area contributed by atoms with Crippen LogP contribution in [0.5, 0.6) is 0 Å². The second-order valence-corrected chi connectivity index (χ2v) is 6.08. The minimum absolute atomic E-state index is 0.129. The molecule has 138 valence electrons. The van der Waals surface area contributed by atoms with Gasteiger partial charge in [0.1, 0.15) is 0 Å². The molecule has 0 bridgehead atoms. The van der Waals surface area contributed by atoms with Gasteiger partial charge in [0.2, 0.25) is 0 Å². The van der Waals surface area contributed by atoms with E-state index in [4.69, 9.17) is 0 Å². The number of nitrogens with one attached hydrogen (secondary N) is 2.